The topological polar surface area (TPSA) is 228 Å². The number of amides is 2. The molecular formula is C78H106N2O17. The second-order valence-electron chi connectivity index (χ2n) is 23.9. The Hall–Kier alpha value is -8.52. The number of aryl methyl sites for hydroxylation is 3. The van der Waals surface area contributed by atoms with Gasteiger partial charge in [-0.15, -0.1) is 0 Å². The predicted octanol–water partition coefficient (Wildman–Crippen LogP) is 13.9. The third kappa shape index (κ3) is 20.3. The Bertz CT molecular complexity index is 3460. The highest BCUT2D eigenvalue weighted by Gasteiger charge is 2.40. The van der Waals surface area contributed by atoms with Gasteiger partial charge in [0.2, 0.25) is 11.8 Å². The summed E-state index contributed by atoms with van der Waals surface area (Å²) in [5.74, 6) is 2.61. The van der Waals surface area contributed by atoms with Crippen molar-refractivity contribution in [2.45, 2.75) is 182 Å². The Labute approximate surface area is 575 Å². The molecule has 2 amide bonds. The number of piperidine rings is 2. The van der Waals surface area contributed by atoms with Crippen LogP contribution in [0, 0.1) is 6.92 Å². The molecule has 19 heteroatoms. The summed E-state index contributed by atoms with van der Waals surface area (Å²) in [6.07, 6.45) is 7.17. The number of aliphatic hydroxyl groups excluding tert-OH is 3. The van der Waals surface area contributed by atoms with Gasteiger partial charge >= 0.3 is 11.9 Å². The molecule has 19 nitrogen and oxygen atoms in total. The number of esters is 2. The van der Waals surface area contributed by atoms with Crippen molar-refractivity contribution in [3.05, 3.63) is 165 Å². The maximum Gasteiger partial charge on any atom is 0.329 e. The molecule has 0 spiro atoms. The van der Waals surface area contributed by atoms with Gasteiger partial charge in [-0.05, 0) is 195 Å². The number of likely N-dealkylation sites (tertiary alicyclic amines) is 2. The van der Waals surface area contributed by atoms with Crippen LogP contribution in [0.4, 0.5) is 0 Å². The monoisotopic (exact) mass is 1340 g/mol. The van der Waals surface area contributed by atoms with Gasteiger partial charge in [0.15, 0.2) is 34.5 Å². The van der Waals surface area contributed by atoms with Crippen molar-refractivity contribution < 1.29 is 81.9 Å². The molecule has 0 saturated carbocycles. The molecule has 0 aliphatic carbocycles. The van der Waals surface area contributed by atoms with E-state index in [-0.39, 0.29) is 46.5 Å². The van der Waals surface area contributed by atoms with Crippen LogP contribution >= 0.6 is 0 Å². The van der Waals surface area contributed by atoms with Gasteiger partial charge in [0.05, 0.1) is 88.0 Å². The zero-order valence-electron chi connectivity index (χ0n) is 57.2. The Balaban J connectivity index is 0.000000344. The van der Waals surface area contributed by atoms with Gasteiger partial charge in [-0.2, -0.15) is 0 Å². The van der Waals surface area contributed by atoms with Crippen molar-refractivity contribution in [1.29, 1.82) is 0 Å². The van der Waals surface area contributed by atoms with E-state index in [9.17, 15) is 34.5 Å². The molecule has 2 aliphatic rings. The van der Waals surface area contributed by atoms with Crippen LogP contribution in [-0.4, -0.2) is 130 Å². The number of rotatable bonds is 31. The minimum absolute atomic E-state index is 0. The summed E-state index contributed by atoms with van der Waals surface area (Å²) in [5, 5.41) is 29.5. The first kappa shape index (κ1) is 79.2. The quantitative estimate of drug-likeness (QED) is 0.0344. The maximum absolute atomic E-state index is 14.3. The van der Waals surface area contributed by atoms with Gasteiger partial charge in [0.25, 0.3) is 0 Å². The highest BCUT2D eigenvalue weighted by Crippen LogP contribution is 2.41. The van der Waals surface area contributed by atoms with Crippen LogP contribution in [0.3, 0.4) is 0 Å². The number of nitrogens with zero attached hydrogens (tertiary/aromatic N) is 2. The molecule has 2 aliphatic heterocycles. The van der Waals surface area contributed by atoms with Crippen LogP contribution in [0.15, 0.2) is 109 Å². The molecule has 530 valence electrons. The molecular weight excluding hydrogens is 1240 g/mol. The number of hydrogen-bond donors (Lipinski definition) is 3. The van der Waals surface area contributed by atoms with Gasteiger partial charge in [0.1, 0.15) is 35.8 Å². The number of carbonyl (C=O) groups excluding carboxylic acids is 4. The second-order valence-corrected chi connectivity index (χ2v) is 23.9. The summed E-state index contributed by atoms with van der Waals surface area (Å²) in [4.78, 5) is 59.9. The first-order valence-electron chi connectivity index (χ1n) is 33.1. The average Bonchev–Trinajstić information content (AvgIpc) is 0.807. The molecule has 2 fully saturated rings. The van der Waals surface area contributed by atoms with E-state index in [1.54, 1.807) is 63.5 Å². The number of methoxy groups -OCH3 is 7. The van der Waals surface area contributed by atoms with Crippen LogP contribution in [0.25, 0.3) is 0 Å². The summed E-state index contributed by atoms with van der Waals surface area (Å²) in [6.45, 7) is 8.74. The Kier molecular flexibility index (Phi) is 32.3. The zero-order chi connectivity index (χ0) is 68.6. The van der Waals surface area contributed by atoms with Crippen LogP contribution in [-0.2, 0) is 61.3 Å². The van der Waals surface area contributed by atoms with Crippen molar-refractivity contribution in [3.8, 4) is 46.0 Å². The van der Waals surface area contributed by atoms with Crippen molar-refractivity contribution in [3.63, 3.8) is 0 Å². The highest BCUT2D eigenvalue weighted by molar-refractivity contribution is 5.90. The van der Waals surface area contributed by atoms with Gasteiger partial charge in [-0.25, -0.2) is 9.59 Å². The average molecular weight is 1340 g/mol. The van der Waals surface area contributed by atoms with Gasteiger partial charge in [-0.1, -0.05) is 90.2 Å². The number of hydrogen-bond acceptors (Lipinski definition) is 17. The molecule has 6 atom stereocenters. The fourth-order valence-corrected chi connectivity index (χ4v) is 12.8. The molecule has 0 radical (unpaired) electrons. The number of benzene rings is 6. The lowest BCUT2D eigenvalue weighted by Gasteiger charge is -2.37. The van der Waals surface area contributed by atoms with Crippen LogP contribution in [0.1, 0.15) is 186 Å². The van der Waals surface area contributed by atoms with E-state index in [1.165, 1.54) is 14.2 Å². The first-order chi connectivity index (χ1) is 46.1. The van der Waals surface area contributed by atoms with E-state index in [0.29, 0.717) is 139 Å². The first-order valence-corrected chi connectivity index (χ1v) is 33.1. The molecule has 6 aromatic rings. The minimum Gasteiger partial charge on any atom is -0.497 e. The molecule has 97 heavy (non-hydrogen) atoms. The summed E-state index contributed by atoms with van der Waals surface area (Å²) in [6, 6.07) is 32.5. The zero-order valence-corrected chi connectivity index (χ0v) is 57.2. The van der Waals surface area contributed by atoms with Crippen LogP contribution in [0.5, 0.6) is 46.0 Å². The van der Waals surface area contributed by atoms with Gasteiger partial charge in [-0.3, -0.25) is 9.59 Å². The van der Waals surface area contributed by atoms with Crippen molar-refractivity contribution in [1.82, 2.24) is 9.80 Å². The van der Waals surface area contributed by atoms with E-state index < -0.39 is 48.1 Å². The Morgan fingerprint density at radius 1 is 0.474 bits per heavy atom. The lowest BCUT2D eigenvalue weighted by Crippen LogP contribution is -2.50. The van der Waals surface area contributed by atoms with Crippen LogP contribution < -0.4 is 37.9 Å². The van der Waals surface area contributed by atoms with E-state index in [0.717, 1.165) is 65.5 Å². The van der Waals surface area contributed by atoms with E-state index >= 15 is 0 Å². The molecule has 6 aromatic carbocycles. The number of ether oxygens (including phenoxy) is 10. The summed E-state index contributed by atoms with van der Waals surface area (Å²) >= 11 is 0. The summed E-state index contributed by atoms with van der Waals surface area (Å²) in [5.41, 5.74) is 7.83. The van der Waals surface area contributed by atoms with Gasteiger partial charge < -0.3 is 72.5 Å². The fraction of sp³-hybridized carbons (Fsp3) is 0.487. The minimum atomic E-state index is -0.750. The predicted molar refractivity (Wildman–Crippen MR) is 375 cm³/mol. The van der Waals surface area contributed by atoms with Crippen molar-refractivity contribution in [2.75, 3.05) is 69.5 Å². The molecule has 8 rings (SSSR count). The summed E-state index contributed by atoms with van der Waals surface area (Å²) < 4.78 is 56.9. The van der Waals surface area contributed by atoms with E-state index in [4.69, 9.17) is 47.4 Å². The fourth-order valence-electron chi connectivity index (χ4n) is 12.8. The smallest absolute Gasteiger partial charge is 0.329 e. The Morgan fingerprint density at radius 2 is 0.959 bits per heavy atom. The second kappa shape index (κ2) is 39.6. The summed E-state index contributed by atoms with van der Waals surface area (Å²) in [7, 11) is 11.0. The van der Waals surface area contributed by atoms with E-state index in [1.807, 2.05) is 119 Å². The molecule has 2 heterocycles. The molecule has 0 aromatic heterocycles. The molecule has 0 bridgehead atoms. The Morgan fingerprint density at radius 3 is 1.44 bits per heavy atom. The highest BCUT2D eigenvalue weighted by atomic mass is 16.6. The third-order valence-electron chi connectivity index (χ3n) is 17.9. The molecule has 3 N–H and O–H groups in total. The third-order valence-corrected chi connectivity index (χ3v) is 17.9. The lowest BCUT2D eigenvalue weighted by molar-refractivity contribution is -0.162. The number of carbonyl (C=O) groups is 4. The normalized spacial score (nSPS) is 15.4. The van der Waals surface area contributed by atoms with Crippen molar-refractivity contribution in [2.24, 2.45) is 0 Å². The molecule has 6 unspecified atom stereocenters. The van der Waals surface area contributed by atoms with E-state index in [2.05, 4.69) is 0 Å². The number of aliphatic hydroxyl groups is 3. The van der Waals surface area contributed by atoms with Crippen molar-refractivity contribution >= 4 is 23.8 Å². The maximum atomic E-state index is 14.3. The SMILES string of the molecule is C.C.CCC(C(=O)N1CCCCC1C(=O)OC(CCc1ccc(OC)c(OC)c1)c1cccc(OC)c1)c1cc(C)c(OC)c(OC)c1.CCCOc1cccc(C(CCc2ccc(CO)c(CO)c2)OC(=O)C2CCCCN2C(=O)C(CC)c2cc(CO)c(OC)c(OC)c2)c1. The van der Waals surface area contributed by atoms with Crippen LogP contribution in [0.2, 0.25) is 0 Å². The largest absolute Gasteiger partial charge is 0.497 e. The van der Waals surface area contributed by atoms with Gasteiger partial charge in [0, 0.05) is 18.7 Å². The lowest BCUT2D eigenvalue weighted by atomic mass is 9.90. The molecule has 2 saturated heterocycles. The standard InChI is InChI=1S/C39H51NO9.C37H47NO8.2CH4/c1-5-18-48-32-11-9-10-27(21-32)35(16-14-26-13-15-28(23-41)30(19-26)24-42)49-39(45)34-12-7-8-17-40(34)38(44)33(6-2)29-20-31(25-43)37(47-4)36(22-29)46-3;1-8-29(27-20-24(2)35(45-7)34(23-27)44-6)36(39)38-19-10-9-14-30(38)37(40)46-31(26-12-11-13-28(22-26)41-3)17-15-25-16-18-32(42-4)33(21-25)43-5;;/h9-11,13,15,19-22,33-35,41-43H,5-8,12,14,16-18,23-25H2,1-4H3;11-13,16,18,20-23,29-31H,8-10,14-15,17,19H2,1-7H3;2*1H4.